The van der Waals surface area contributed by atoms with E-state index in [2.05, 4.69) is 25.7 Å². The van der Waals surface area contributed by atoms with Gasteiger partial charge in [-0.3, -0.25) is 0 Å². The van der Waals surface area contributed by atoms with Crippen molar-refractivity contribution in [2.45, 2.75) is 27.2 Å². The molecule has 0 heterocycles. The molecule has 0 nitrogen and oxygen atoms in total. The molecule has 0 bridgehead atoms. The van der Waals surface area contributed by atoms with Crippen molar-refractivity contribution in [3.05, 3.63) is 6.42 Å². The highest BCUT2D eigenvalue weighted by Crippen LogP contribution is 1.99. The van der Waals surface area contributed by atoms with Crippen molar-refractivity contribution < 1.29 is 0 Å². The molecule has 0 aromatic heterocycles. The molecular weight excluding hydrogens is 96.1 g/mol. The first-order valence-corrected chi connectivity index (χ1v) is 3.01. The van der Waals surface area contributed by atoms with Crippen molar-refractivity contribution in [1.29, 1.82) is 0 Å². The lowest BCUT2D eigenvalue weighted by Gasteiger charge is -1.95. The van der Waals surface area contributed by atoms with Crippen molar-refractivity contribution in [2.24, 2.45) is 5.92 Å². The van der Waals surface area contributed by atoms with Gasteiger partial charge in [0.05, 0.1) is 0 Å². The van der Waals surface area contributed by atoms with Gasteiger partial charge >= 0.3 is 0 Å². The molecule has 1 radical (unpaired) electrons. The maximum Gasteiger partial charge on any atom is 0.0342 e. The molecule has 0 saturated heterocycles. The average Bonchev–Trinajstić information content (AvgIpc) is 1.66. The Hall–Kier alpha value is -0.440. The lowest BCUT2D eigenvalue weighted by Crippen LogP contribution is -1.84. The summed E-state index contributed by atoms with van der Waals surface area (Å²) in [6.45, 7) is 6.23. The second kappa shape index (κ2) is 4.71. The van der Waals surface area contributed by atoms with Gasteiger partial charge in [0, 0.05) is 6.42 Å². The average molecular weight is 109 g/mol. The molecule has 0 atom stereocenters. The highest BCUT2D eigenvalue weighted by Gasteiger charge is 1.88. The van der Waals surface area contributed by atoms with E-state index in [1.54, 1.807) is 0 Å². The molecule has 8 heavy (non-hydrogen) atoms. The molecule has 0 unspecified atom stereocenters. The van der Waals surface area contributed by atoms with E-state index in [4.69, 9.17) is 0 Å². The molecule has 45 valence electrons. The summed E-state index contributed by atoms with van der Waals surface area (Å²) in [5, 5.41) is 0. The highest BCUT2D eigenvalue weighted by molar-refractivity contribution is 5.07. The summed E-state index contributed by atoms with van der Waals surface area (Å²) < 4.78 is 0. The van der Waals surface area contributed by atoms with Crippen LogP contribution < -0.4 is 0 Å². The zero-order chi connectivity index (χ0) is 6.41. The predicted molar refractivity (Wildman–Crippen MR) is 37.2 cm³/mol. The monoisotopic (exact) mass is 109 g/mol. The zero-order valence-electron chi connectivity index (χ0n) is 5.86. The van der Waals surface area contributed by atoms with E-state index in [1.807, 2.05) is 13.3 Å². The molecule has 0 aliphatic rings. The van der Waals surface area contributed by atoms with Crippen LogP contribution in [0.2, 0.25) is 0 Å². The summed E-state index contributed by atoms with van der Waals surface area (Å²) in [5.41, 5.74) is 0. The van der Waals surface area contributed by atoms with Gasteiger partial charge in [0.2, 0.25) is 0 Å². The molecule has 0 amide bonds. The van der Waals surface area contributed by atoms with Crippen molar-refractivity contribution in [3.8, 4) is 11.8 Å². The lowest BCUT2D eigenvalue weighted by molar-refractivity contribution is 0.649. The quantitative estimate of drug-likeness (QED) is 0.477. The zero-order valence-corrected chi connectivity index (χ0v) is 5.86. The summed E-state index contributed by atoms with van der Waals surface area (Å²) in [7, 11) is 0. The molecule has 0 N–H and O–H groups in total. The normalized spacial score (nSPS) is 8.50. The fraction of sp³-hybridized carbons (Fsp3) is 0.625. The fourth-order valence-electron chi connectivity index (χ4n) is 0.397. The van der Waals surface area contributed by atoms with Gasteiger partial charge in [-0.15, -0.1) is 5.92 Å². The third-order valence-electron chi connectivity index (χ3n) is 0.836. The van der Waals surface area contributed by atoms with E-state index in [9.17, 15) is 0 Å². The van der Waals surface area contributed by atoms with Crippen LogP contribution in [0, 0.1) is 24.2 Å². The Morgan fingerprint density at radius 3 is 2.50 bits per heavy atom. The van der Waals surface area contributed by atoms with Gasteiger partial charge < -0.3 is 0 Å². The number of hydrogen-bond acceptors (Lipinski definition) is 0. The molecule has 0 heteroatoms. The van der Waals surface area contributed by atoms with Crippen molar-refractivity contribution in [3.63, 3.8) is 0 Å². The van der Waals surface area contributed by atoms with E-state index in [-0.39, 0.29) is 0 Å². The van der Waals surface area contributed by atoms with Crippen LogP contribution in [0.3, 0.4) is 0 Å². The molecule has 0 fully saturated rings. The third kappa shape index (κ3) is 5.56. The molecule has 0 aromatic rings. The molecule has 0 spiro atoms. The maximum absolute atomic E-state index is 2.90. The smallest absolute Gasteiger partial charge is 0.0342 e. The second-order valence-corrected chi connectivity index (χ2v) is 2.23. The minimum absolute atomic E-state index is 0.746. The summed E-state index contributed by atoms with van der Waals surface area (Å²) >= 11 is 0. The minimum atomic E-state index is 0.746. The molecule has 0 aliphatic heterocycles. The van der Waals surface area contributed by atoms with Crippen molar-refractivity contribution >= 4 is 0 Å². The SMILES string of the molecule is CC#C[CH]CC(C)C. The van der Waals surface area contributed by atoms with Crippen LogP contribution in [-0.2, 0) is 0 Å². The van der Waals surface area contributed by atoms with Crippen molar-refractivity contribution in [1.82, 2.24) is 0 Å². The largest absolute Gasteiger partial charge is 0.106 e. The first-order valence-electron chi connectivity index (χ1n) is 3.01. The second-order valence-electron chi connectivity index (χ2n) is 2.23. The van der Waals surface area contributed by atoms with Crippen LogP contribution in [0.4, 0.5) is 0 Å². The Labute approximate surface area is 52.3 Å². The summed E-state index contributed by atoms with van der Waals surface area (Å²) in [5.74, 6) is 6.47. The third-order valence-corrected chi connectivity index (χ3v) is 0.836. The Morgan fingerprint density at radius 1 is 1.50 bits per heavy atom. The Balaban J connectivity index is 3.01. The maximum atomic E-state index is 2.90. The van der Waals surface area contributed by atoms with E-state index in [1.165, 1.54) is 0 Å². The van der Waals surface area contributed by atoms with E-state index in [0.717, 1.165) is 12.3 Å². The van der Waals surface area contributed by atoms with E-state index >= 15 is 0 Å². The number of rotatable bonds is 2. The van der Waals surface area contributed by atoms with Crippen LogP contribution in [0.1, 0.15) is 27.2 Å². The van der Waals surface area contributed by atoms with Gasteiger partial charge in [0.15, 0.2) is 0 Å². The molecule has 0 aliphatic carbocycles. The van der Waals surface area contributed by atoms with Crippen LogP contribution in [0.5, 0.6) is 0 Å². The van der Waals surface area contributed by atoms with Gasteiger partial charge in [-0.1, -0.05) is 19.8 Å². The topological polar surface area (TPSA) is 0 Å². The van der Waals surface area contributed by atoms with Crippen LogP contribution in [0.25, 0.3) is 0 Å². The van der Waals surface area contributed by atoms with Gasteiger partial charge in [-0.25, -0.2) is 0 Å². The highest BCUT2D eigenvalue weighted by atomic mass is 13.9. The summed E-state index contributed by atoms with van der Waals surface area (Å²) in [6.07, 6.45) is 3.13. The first kappa shape index (κ1) is 7.56. The summed E-state index contributed by atoms with van der Waals surface area (Å²) in [6, 6.07) is 0. The Morgan fingerprint density at radius 2 is 2.12 bits per heavy atom. The van der Waals surface area contributed by atoms with Crippen LogP contribution in [0.15, 0.2) is 0 Å². The van der Waals surface area contributed by atoms with E-state index < -0.39 is 0 Å². The van der Waals surface area contributed by atoms with Gasteiger partial charge in [-0.2, -0.15) is 0 Å². The molecule has 0 saturated carbocycles. The standard InChI is InChI=1S/C8H13/c1-4-5-6-7-8(2)3/h6,8H,7H2,1-3H3. The van der Waals surface area contributed by atoms with Gasteiger partial charge in [0.1, 0.15) is 0 Å². The van der Waals surface area contributed by atoms with E-state index in [0.29, 0.717) is 0 Å². The Kier molecular flexibility index (Phi) is 4.45. The lowest BCUT2D eigenvalue weighted by atomic mass is 10.1. The fourth-order valence-corrected chi connectivity index (χ4v) is 0.397. The van der Waals surface area contributed by atoms with Crippen molar-refractivity contribution in [2.75, 3.05) is 0 Å². The predicted octanol–water partition coefficient (Wildman–Crippen LogP) is 2.26. The van der Waals surface area contributed by atoms with Gasteiger partial charge in [0.25, 0.3) is 0 Å². The molecular formula is C8H13. The molecule has 0 aromatic carbocycles. The van der Waals surface area contributed by atoms with Crippen LogP contribution in [-0.4, -0.2) is 0 Å². The summed E-state index contributed by atoms with van der Waals surface area (Å²) in [4.78, 5) is 0. The molecule has 0 rings (SSSR count). The minimum Gasteiger partial charge on any atom is -0.106 e. The Bertz CT molecular complexity index is 90.3. The number of hydrogen-bond donors (Lipinski definition) is 0. The van der Waals surface area contributed by atoms with Crippen LogP contribution >= 0.6 is 0 Å². The van der Waals surface area contributed by atoms with Gasteiger partial charge in [-0.05, 0) is 19.3 Å². The first-order chi connectivity index (χ1) is 3.77.